The molecule has 0 radical (unpaired) electrons. The lowest BCUT2D eigenvalue weighted by Crippen LogP contribution is -2.39. The third-order valence-corrected chi connectivity index (χ3v) is 6.92. The minimum atomic E-state index is -3.43. The topological polar surface area (TPSA) is 55.2 Å². The van der Waals surface area contributed by atoms with Gasteiger partial charge in [-0.3, -0.25) is 4.68 Å². The number of nitrogens with zero attached hydrogens (tertiary/aromatic N) is 3. The van der Waals surface area contributed by atoms with Crippen LogP contribution in [0.2, 0.25) is 0 Å². The molecular formula is C18H25N3O2S. The fourth-order valence-electron chi connectivity index (χ4n) is 3.44. The molecule has 0 atom stereocenters. The monoisotopic (exact) mass is 347 g/mol. The van der Waals surface area contributed by atoms with E-state index in [4.69, 9.17) is 0 Å². The van der Waals surface area contributed by atoms with E-state index in [9.17, 15) is 8.42 Å². The van der Waals surface area contributed by atoms with Gasteiger partial charge in [-0.1, -0.05) is 30.3 Å². The van der Waals surface area contributed by atoms with Gasteiger partial charge < -0.3 is 0 Å². The molecule has 1 saturated heterocycles. The predicted molar refractivity (Wildman–Crippen MR) is 94.3 cm³/mol. The lowest BCUT2D eigenvalue weighted by Gasteiger charge is -2.31. The van der Waals surface area contributed by atoms with Crippen LogP contribution >= 0.6 is 0 Å². The molecule has 24 heavy (non-hydrogen) atoms. The molecule has 3 rings (SSSR count). The van der Waals surface area contributed by atoms with Gasteiger partial charge in [0.25, 0.3) is 0 Å². The fourth-order valence-corrected chi connectivity index (χ4v) is 5.07. The predicted octanol–water partition coefficient (Wildman–Crippen LogP) is 2.85. The zero-order valence-electron chi connectivity index (χ0n) is 14.4. The van der Waals surface area contributed by atoms with Crippen molar-refractivity contribution in [3.05, 3.63) is 47.8 Å². The van der Waals surface area contributed by atoms with E-state index in [1.807, 2.05) is 19.9 Å². The van der Waals surface area contributed by atoms with Gasteiger partial charge >= 0.3 is 0 Å². The summed E-state index contributed by atoms with van der Waals surface area (Å²) in [6.45, 7) is 5.66. The van der Waals surface area contributed by atoms with Crippen molar-refractivity contribution in [1.82, 2.24) is 14.1 Å². The smallest absolute Gasteiger partial charge is 0.246 e. The number of benzene rings is 1. The van der Waals surface area contributed by atoms with Gasteiger partial charge in [0.15, 0.2) is 0 Å². The summed E-state index contributed by atoms with van der Waals surface area (Å²) in [7, 11) is -3.43. The molecule has 1 fully saturated rings. The van der Waals surface area contributed by atoms with Gasteiger partial charge in [0.05, 0.1) is 11.9 Å². The number of piperidine rings is 1. The number of aromatic nitrogens is 2. The van der Waals surface area contributed by atoms with Crippen molar-refractivity contribution in [3.8, 4) is 0 Å². The Hall–Kier alpha value is -1.66. The van der Waals surface area contributed by atoms with E-state index >= 15 is 0 Å². The summed E-state index contributed by atoms with van der Waals surface area (Å²) >= 11 is 0. The fraction of sp³-hybridized carbons (Fsp3) is 0.500. The van der Waals surface area contributed by atoms with E-state index in [0.29, 0.717) is 30.4 Å². The first-order valence-electron chi connectivity index (χ1n) is 8.59. The van der Waals surface area contributed by atoms with Gasteiger partial charge in [0.2, 0.25) is 10.0 Å². The van der Waals surface area contributed by atoms with Crippen molar-refractivity contribution in [1.29, 1.82) is 0 Å². The van der Waals surface area contributed by atoms with Crippen LogP contribution in [0.4, 0.5) is 0 Å². The largest absolute Gasteiger partial charge is 0.269 e. The van der Waals surface area contributed by atoms with Crippen LogP contribution in [0.25, 0.3) is 0 Å². The zero-order valence-corrected chi connectivity index (χ0v) is 15.2. The molecule has 0 unspecified atom stereocenters. The molecule has 2 heterocycles. The zero-order chi connectivity index (χ0) is 17.2. The Kier molecular flexibility index (Phi) is 5.06. The number of rotatable bonds is 5. The number of hydrogen-bond acceptors (Lipinski definition) is 3. The summed E-state index contributed by atoms with van der Waals surface area (Å²) < 4.78 is 29.1. The molecule has 1 aliphatic heterocycles. The Morgan fingerprint density at radius 3 is 2.42 bits per heavy atom. The van der Waals surface area contributed by atoms with Gasteiger partial charge in [-0.25, -0.2) is 8.42 Å². The molecule has 1 aromatic heterocycles. The summed E-state index contributed by atoms with van der Waals surface area (Å²) in [6, 6.07) is 10.4. The van der Waals surface area contributed by atoms with Gasteiger partial charge in [0.1, 0.15) is 4.90 Å². The highest BCUT2D eigenvalue weighted by atomic mass is 32.2. The van der Waals surface area contributed by atoms with Crippen molar-refractivity contribution in [2.45, 2.75) is 44.6 Å². The molecule has 0 N–H and O–H groups in total. The normalized spacial score (nSPS) is 17.2. The number of sulfonamides is 1. The first kappa shape index (κ1) is 17.2. The van der Waals surface area contributed by atoms with Crippen molar-refractivity contribution < 1.29 is 8.42 Å². The van der Waals surface area contributed by atoms with E-state index in [2.05, 4.69) is 29.4 Å². The van der Waals surface area contributed by atoms with E-state index in [1.54, 1.807) is 8.99 Å². The Morgan fingerprint density at radius 2 is 1.83 bits per heavy atom. The Bertz CT molecular complexity index is 776. The van der Waals surface area contributed by atoms with Crippen LogP contribution in [0.5, 0.6) is 0 Å². The van der Waals surface area contributed by atoms with Gasteiger partial charge in [-0.15, -0.1) is 0 Å². The maximum Gasteiger partial charge on any atom is 0.246 e. The standard InChI is InChI=1S/C18H25N3O2S/c1-3-21-15(2)18(14-19-21)24(22,23)20-11-9-17(10-12-20)13-16-7-5-4-6-8-16/h4-8,14,17H,3,9-13H2,1-2H3. The number of hydrogen-bond donors (Lipinski definition) is 0. The summed E-state index contributed by atoms with van der Waals surface area (Å²) in [5, 5.41) is 4.18. The molecule has 1 aliphatic rings. The van der Waals surface area contributed by atoms with Crippen molar-refractivity contribution in [2.24, 2.45) is 5.92 Å². The molecular weight excluding hydrogens is 322 g/mol. The SMILES string of the molecule is CCn1ncc(S(=O)(=O)N2CCC(Cc3ccccc3)CC2)c1C. The van der Waals surface area contributed by atoms with Crippen molar-refractivity contribution in [3.63, 3.8) is 0 Å². The van der Waals surface area contributed by atoms with Crippen LogP contribution in [-0.2, 0) is 23.0 Å². The molecule has 5 nitrogen and oxygen atoms in total. The summed E-state index contributed by atoms with van der Waals surface area (Å²) in [4.78, 5) is 0.353. The van der Waals surface area contributed by atoms with Crippen LogP contribution in [0.15, 0.2) is 41.4 Å². The van der Waals surface area contributed by atoms with E-state index < -0.39 is 10.0 Å². The Morgan fingerprint density at radius 1 is 1.17 bits per heavy atom. The third kappa shape index (κ3) is 3.39. The van der Waals surface area contributed by atoms with Crippen molar-refractivity contribution >= 4 is 10.0 Å². The van der Waals surface area contributed by atoms with Crippen molar-refractivity contribution in [2.75, 3.05) is 13.1 Å². The molecule has 0 bridgehead atoms. The van der Waals surface area contributed by atoms with Crippen LogP contribution in [0, 0.1) is 12.8 Å². The van der Waals surface area contributed by atoms with Gasteiger partial charge in [-0.05, 0) is 44.6 Å². The first-order valence-corrected chi connectivity index (χ1v) is 10.0. The summed E-state index contributed by atoms with van der Waals surface area (Å²) in [5.41, 5.74) is 2.06. The summed E-state index contributed by atoms with van der Waals surface area (Å²) in [6.07, 6.45) is 4.34. The van der Waals surface area contributed by atoms with Crippen LogP contribution in [0.1, 0.15) is 31.0 Å². The Balaban J connectivity index is 1.66. The highest BCUT2D eigenvalue weighted by Crippen LogP contribution is 2.27. The molecule has 0 aliphatic carbocycles. The summed E-state index contributed by atoms with van der Waals surface area (Å²) in [5.74, 6) is 0.554. The van der Waals surface area contributed by atoms with Crippen LogP contribution in [0.3, 0.4) is 0 Å². The molecule has 1 aromatic carbocycles. The first-order chi connectivity index (χ1) is 11.5. The minimum Gasteiger partial charge on any atom is -0.269 e. The lowest BCUT2D eigenvalue weighted by atomic mass is 9.91. The average molecular weight is 347 g/mol. The average Bonchev–Trinajstić information content (AvgIpc) is 2.98. The Labute approximate surface area is 144 Å². The van der Waals surface area contributed by atoms with Crippen LogP contribution < -0.4 is 0 Å². The van der Waals surface area contributed by atoms with E-state index in [0.717, 1.165) is 25.0 Å². The molecule has 130 valence electrons. The second-order valence-corrected chi connectivity index (χ2v) is 8.35. The maximum atomic E-state index is 12.9. The highest BCUT2D eigenvalue weighted by Gasteiger charge is 2.31. The lowest BCUT2D eigenvalue weighted by molar-refractivity contribution is 0.272. The maximum absolute atomic E-state index is 12.9. The molecule has 0 saturated carbocycles. The molecule has 0 spiro atoms. The van der Waals surface area contributed by atoms with Crippen LogP contribution in [-0.4, -0.2) is 35.6 Å². The second kappa shape index (κ2) is 7.07. The van der Waals surface area contributed by atoms with Gasteiger partial charge in [-0.2, -0.15) is 9.40 Å². The van der Waals surface area contributed by atoms with E-state index in [1.165, 1.54) is 11.8 Å². The third-order valence-electron chi connectivity index (χ3n) is 4.92. The molecule has 0 amide bonds. The number of aryl methyl sites for hydroxylation is 1. The quantitative estimate of drug-likeness (QED) is 0.836. The molecule has 2 aromatic rings. The highest BCUT2D eigenvalue weighted by molar-refractivity contribution is 7.89. The second-order valence-electron chi connectivity index (χ2n) is 6.45. The van der Waals surface area contributed by atoms with Gasteiger partial charge in [0, 0.05) is 19.6 Å². The minimum absolute atomic E-state index is 0.353. The molecule has 6 heteroatoms. The van der Waals surface area contributed by atoms with E-state index in [-0.39, 0.29) is 0 Å².